The van der Waals surface area contributed by atoms with Gasteiger partial charge < -0.3 is 19.1 Å². The van der Waals surface area contributed by atoms with Gasteiger partial charge in [0, 0.05) is 41.7 Å². The summed E-state index contributed by atoms with van der Waals surface area (Å²) in [5.74, 6) is -0.135. The van der Waals surface area contributed by atoms with E-state index in [4.69, 9.17) is 21.1 Å². The van der Waals surface area contributed by atoms with E-state index in [2.05, 4.69) is 11.2 Å². The van der Waals surface area contributed by atoms with E-state index in [1.807, 2.05) is 61.3 Å². The van der Waals surface area contributed by atoms with Crippen LogP contribution in [-0.4, -0.2) is 38.6 Å². The quantitative estimate of drug-likeness (QED) is 0.303. The average molecular weight is 522 g/mol. The number of nitrogens with zero attached hydrogens (tertiary/aromatic N) is 3. The number of para-hydroxylation sites is 1. The summed E-state index contributed by atoms with van der Waals surface area (Å²) in [4.78, 5) is 12.6. The van der Waals surface area contributed by atoms with Gasteiger partial charge in [0.25, 0.3) is 0 Å². The van der Waals surface area contributed by atoms with Crippen LogP contribution in [0.25, 0.3) is 22.0 Å². The molecule has 0 unspecified atom stereocenters. The Morgan fingerprint density at radius 2 is 1.97 bits per heavy atom. The lowest BCUT2D eigenvalue weighted by atomic mass is 9.98. The lowest BCUT2D eigenvalue weighted by molar-refractivity contribution is 0.0681. The summed E-state index contributed by atoms with van der Waals surface area (Å²) in [7, 11) is 1.93. The summed E-state index contributed by atoms with van der Waals surface area (Å²) < 4.78 is 15.8. The Morgan fingerprint density at radius 1 is 1.22 bits per heavy atom. The molecule has 0 radical (unpaired) electrons. The molecule has 0 bridgehead atoms. The molecule has 0 spiro atoms. The number of carboxylic acid groups (broad SMARTS) is 1. The Kier molecular flexibility index (Phi) is 7.01. The fourth-order valence-corrected chi connectivity index (χ4v) is 5.66. The van der Waals surface area contributed by atoms with Crippen LogP contribution in [0.5, 0.6) is 5.75 Å². The van der Waals surface area contributed by atoms with E-state index in [-0.39, 0.29) is 0 Å². The van der Waals surface area contributed by atoms with Crippen LogP contribution in [0.2, 0.25) is 5.02 Å². The number of fused-ring (bicyclic) bond motifs is 2. The van der Waals surface area contributed by atoms with Crippen molar-refractivity contribution < 1.29 is 19.4 Å². The summed E-state index contributed by atoms with van der Waals surface area (Å²) in [6.07, 6.45) is 2.00. The van der Waals surface area contributed by atoms with Gasteiger partial charge in [0.1, 0.15) is 11.4 Å². The SMILES string of the molecule is Cc1cc(OCCCc2c(C(=O)O)n3c4c(cccc24)-c2c(C)nn(C)c2COCCC3)cc(C)c1Cl. The number of hydrogen-bond acceptors (Lipinski definition) is 4. The first kappa shape index (κ1) is 25.4. The van der Waals surface area contributed by atoms with Gasteiger partial charge in [0.05, 0.1) is 30.1 Å². The van der Waals surface area contributed by atoms with Gasteiger partial charge in [0.2, 0.25) is 0 Å². The minimum absolute atomic E-state index is 0.351. The van der Waals surface area contributed by atoms with E-state index in [1.54, 1.807) is 0 Å². The number of halogens is 1. The molecular formula is C29H32ClN3O4. The van der Waals surface area contributed by atoms with E-state index < -0.39 is 5.97 Å². The molecule has 0 amide bonds. The number of benzene rings is 2. The number of hydrogen-bond donors (Lipinski definition) is 1. The third kappa shape index (κ3) is 4.62. The molecule has 5 rings (SSSR count). The first-order valence-corrected chi connectivity index (χ1v) is 13.0. The molecule has 8 heteroatoms. The van der Waals surface area contributed by atoms with Gasteiger partial charge in [-0.2, -0.15) is 5.10 Å². The molecule has 37 heavy (non-hydrogen) atoms. The molecule has 0 aliphatic carbocycles. The van der Waals surface area contributed by atoms with Crippen molar-refractivity contribution in [3.05, 3.63) is 69.1 Å². The Bertz CT molecular complexity index is 1480. The molecule has 7 nitrogen and oxygen atoms in total. The third-order valence-electron chi connectivity index (χ3n) is 7.16. The maximum absolute atomic E-state index is 12.6. The Labute approximate surface area is 221 Å². The molecule has 2 aromatic heterocycles. The summed E-state index contributed by atoms with van der Waals surface area (Å²) in [5, 5.41) is 16.7. The largest absolute Gasteiger partial charge is 0.494 e. The predicted octanol–water partition coefficient (Wildman–Crippen LogP) is 6.25. The van der Waals surface area contributed by atoms with Gasteiger partial charge >= 0.3 is 5.97 Å². The maximum Gasteiger partial charge on any atom is 0.352 e. The third-order valence-corrected chi connectivity index (χ3v) is 7.75. The molecule has 0 fully saturated rings. The zero-order valence-corrected chi connectivity index (χ0v) is 22.5. The van der Waals surface area contributed by atoms with Crippen LogP contribution >= 0.6 is 11.6 Å². The van der Waals surface area contributed by atoms with Crippen molar-refractivity contribution in [3.63, 3.8) is 0 Å². The molecule has 1 N–H and O–H groups in total. The second-order valence-corrected chi connectivity index (χ2v) is 10.1. The highest BCUT2D eigenvalue weighted by Gasteiger charge is 2.27. The lowest BCUT2D eigenvalue weighted by Gasteiger charge is -2.16. The molecule has 1 aliphatic rings. The number of ether oxygens (including phenoxy) is 2. The standard InChI is InChI=1S/C29H32ClN3O4/c1-17-14-20(15-18(2)26(17)30)37-13-6-10-22-21-8-5-9-23-25-19(3)31-32(4)24(25)16-36-12-7-11-33(27(21)23)28(22)29(34)35/h5,8-9,14-15H,6-7,10-13,16H2,1-4H3,(H,34,35). The normalized spacial score (nSPS) is 13.5. The van der Waals surface area contributed by atoms with Crippen molar-refractivity contribution in [1.29, 1.82) is 0 Å². The van der Waals surface area contributed by atoms with E-state index in [1.165, 1.54) is 0 Å². The molecular weight excluding hydrogens is 490 g/mol. The van der Waals surface area contributed by atoms with Crippen LogP contribution in [0.3, 0.4) is 0 Å². The molecule has 2 aromatic carbocycles. The molecule has 4 aromatic rings. The van der Waals surface area contributed by atoms with Crippen molar-refractivity contribution in [3.8, 4) is 16.9 Å². The van der Waals surface area contributed by atoms with Gasteiger partial charge in [-0.3, -0.25) is 4.68 Å². The predicted molar refractivity (Wildman–Crippen MR) is 145 cm³/mol. The molecule has 0 saturated carbocycles. The van der Waals surface area contributed by atoms with Crippen molar-refractivity contribution >= 4 is 28.5 Å². The minimum atomic E-state index is -0.914. The topological polar surface area (TPSA) is 78.5 Å². The Balaban J connectivity index is 1.54. The van der Waals surface area contributed by atoms with Gasteiger partial charge in [-0.25, -0.2) is 4.79 Å². The smallest absolute Gasteiger partial charge is 0.352 e. The van der Waals surface area contributed by atoms with Gasteiger partial charge in [0.15, 0.2) is 0 Å². The minimum Gasteiger partial charge on any atom is -0.494 e. The number of aromatic carboxylic acids is 1. The maximum atomic E-state index is 12.6. The first-order chi connectivity index (χ1) is 17.8. The zero-order chi connectivity index (χ0) is 26.3. The number of rotatable bonds is 6. The lowest BCUT2D eigenvalue weighted by Crippen LogP contribution is -2.14. The van der Waals surface area contributed by atoms with Crippen LogP contribution < -0.4 is 4.74 Å². The summed E-state index contributed by atoms with van der Waals surface area (Å²) in [5.41, 5.74) is 8.04. The van der Waals surface area contributed by atoms with Crippen LogP contribution in [0.4, 0.5) is 0 Å². The zero-order valence-electron chi connectivity index (χ0n) is 21.7. The molecule has 0 saturated heterocycles. The summed E-state index contributed by atoms with van der Waals surface area (Å²) in [6.45, 7) is 8.00. The van der Waals surface area contributed by atoms with E-state index in [0.717, 1.165) is 67.3 Å². The summed E-state index contributed by atoms with van der Waals surface area (Å²) in [6, 6.07) is 9.99. The fourth-order valence-electron chi connectivity index (χ4n) is 5.55. The van der Waals surface area contributed by atoms with E-state index in [0.29, 0.717) is 44.9 Å². The highest BCUT2D eigenvalue weighted by atomic mass is 35.5. The van der Waals surface area contributed by atoms with Crippen molar-refractivity contribution in [2.24, 2.45) is 7.05 Å². The van der Waals surface area contributed by atoms with Gasteiger partial charge in [-0.1, -0.05) is 29.8 Å². The fraction of sp³-hybridized carbons (Fsp3) is 0.379. The molecule has 3 heterocycles. The highest BCUT2D eigenvalue weighted by Crippen LogP contribution is 2.39. The van der Waals surface area contributed by atoms with E-state index >= 15 is 0 Å². The van der Waals surface area contributed by atoms with Crippen LogP contribution in [0.1, 0.15) is 51.4 Å². The molecule has 1 aliphatic heterocycles. The van der Waals surface area contributed by atoms with Crippen LogP contribution in [-0.2, 0) is 31.4 Å². The Hall–Kier alpha value is -3.29. The second-order valence-electron chi connectivity index (χ2n) is 9.75. The first-order valence-electron chi connectivity index (χ1n) is 12.7. The van der Waals surface area contributed by atoms with Crippen molar-refractivity contribution in [2.75, 3.05) is 13.2 Å². The van der Waals surface area contributed by atoms with Gasteiger partial charge in [-0.05, 0) is 68.9 Å². The highest BCUT2D eigenvalue weighted by molar-refractivity contribution is 6.32. The summed E-state index contributed by atoms with van der Waals surface area (Å²) >= 11 is 6.29. The number of aromatic nitrogens is 3. The van der Waals surface area contributed by atoms with Crippen LogP contribution in [0, 0.1) is 20.8 Å². The monoisotopic (exact) mass is 521 g/mol. The van der Waals surface area contributed by atoms with Crippen molar-refractivity contribution in [2.45, 2.75) is 53.2 Å². The van der Waals surface area contributed by atoms with Crippen LogP contribution in [0.15, 0.2) is 30.3 Å². The molecule has 194 valence electrons. The second kappa shape index (κ2) is 10.2. The van der Waals surface area contributed by atoms with Crippen molar-refractivity contribution in [1.82, 2.24) is 14.3 Å². The number of carbonyl (C=O) groups is 1. The Morgan fingerprint density at radius 3 is 2.70 bits per heavy atom. The van der Waals surface area contributed by atoms with E-state index in [9.17, 15) is 9.90 Å². The van der Waals surface area contributed by atoms with Gasteiger partial charge in [-0.15, -0.1) is 0 Å². The average Bonchev–Trinajstić information content (AvgIpc) is 3.33. The molecule has 0 atom stereocenters. The number of aryl methyl sites for hydroxylation is 6. The number of carboxylic acids is 1.